The van der Waals surface area contributed by atoms with Crippen LogP contribution in [0.25, 0.3) is 0 Å². The largest absolute Gasteiger partial charge is 0.378 e. The van der Waals surface area contributed by atoms with Crippen LogP contribution in [0.15, 0.2) is 60.7 Å². The minimum absolute atomic E-state index is 0.0903. The Bertz CT molecular complexity index is 791. The zero-order chi connectivity index (χ0) is 17.6. The number of amides is 1. The molecule has 0 aliphatic heterocycles. The average molecular weight is 351 g/mol. The number of hydrogen-bond donors (Lipinski definition) is 2. The van der Waals surface area contributed by atoms with Gasteiger partial charge in [0, 0.05) is 19.5 Å². The van der Waals surface area contributed by atoms with E-state index < -0.39 is 0 Å². The highest BCUT2D eigenvalue weighted by atomic mass is 32.1. The molecule has 0 radical (unpaired) electrons. The molecule has 0 aliphatic carbocycles. The van der Waals surface area contributed by atoms with Gasteiger partial charge in [-0.25, -0.2) is 0 Å². The van der Waals surface area contributed by atoms with Crippen LogP contribution in [0.3, 0.4) is 0 Å². The second-order valence-electron chi connectivity index (χ2n) is 5.81. The van der Waals surface area contributed by atoms with Crippen LogP contribution in [0.2, 0.25) is 0 Å². The predicted octanol–water partition coefficient (Wildman–Crippen LogP) is 4.06. The minimum Gasteiger partial charge on any atom is -0.378 e. The van der Waals surface area contributed by atoms with Crippen molar-refractivity contribution in [2.45, 2.75) is 12.8 Å². The third-order valence-electron chi connectivity index (χ3n) is 4.19. The fraction of sp³-hybridized carbons (Fsp3) is 0.200. The lowest BCUT2D eigenvalue weighted by Crippen LogP contribution is -2.29. The molecule has 0 atom stereocenters. The molecule has 0 bridgehead atoms. The SMILES string of the molecule is CNc1snc(C)c1C(=O)NCC(c1ccccc1)c1ccccc1. The topological polar surface area (TPSA) is 54.0 Å². The van der Waals surface area contributed by atoms with Gasteiger partial charge < -0.3 is 10.6 Å². The van der Waals surface area contributed by atoms with Gasteiger partial charge in [-0.2, -0.15) is 4.37 Å². The van der Waals surface area contributed by atoms with E-state index in [4.69, 9.17) is 0 Å². The Kier molecular flexibility index (Phi) is 5.46. The first-order valence-corrected chi connectivity index (χ1v) is 9.00. The van der Waals surface area contributed by atoms with Crippen molar-refractivity contribution >= 4 is 22.4 Å². The van der Waals surface area contributed by atoms with Crippen molar-refractivity contribution in [1.29, 1.82) is 0 Å². The van der Waals surface area contributed by atoms with Gasteiger partial charge in [-0.3, -0.25) is 4.79 Å². The van der Waals surface area contributed by atoms with Gasteiger partial charge >= 0.3 is 0 Å². The van der Waals surface area contributed by atoms with Gasteiger partial charge in [0.15, 0.2) is 0 Å². The van der Waals surface area contributed by atoms with Crippen molar-refractivity contribution < 1.29 is 4.79 Å². The Labute approximate surface area is 152 Å². The summed E-state index contributed by atoms with van der Waals surface area (Å²) in [7, 11) is 1.81. The molecular weight excluding hydrogens is 330 g/mol. The van der Waals surface area contributed by atoms with Gasteiger partial charge in [0.2, 0.25) is 0 Å². The molecule has 0 spiro atoms. The monoisotopic (exact) mass is 351 g/mol. The number of aryl methyl sites for hydroxylation is 1. The fourth-order valence-corrected chi connectivity index (χ4v) is 3.63. The summed E-state index contributed by atoms with van der Waals surface area (Å²) in [5, 5.41) is 6.93. The predicted molar refractivity (Wildman–Crippen MR) is 103 cm³/mol. The normalized spacial score (nSPS) is 10.7. The third-order valence-corrected chi connectivity index (χ3v) is 5.14. The molecule has 1 heterocycles. The fourth-order valence-electron chi connectivity index (χ4n) is 2.89. The molecule has 2 N–H and O–H groups in total. The third kappa shape index (κ3) is 3.88. The van der Waals surface area contributed by atoms with E-state index in [0.717, 1.165) is 10.7 Å². The number of nitrogens with zero attached hydrogens (tertiary/aromatic N) is 1. The molecule has 3 aromatic rings. The van der Waals surface area contributed by atoms with E-state index in [0.29, 0.717) is 12.1 Å². The summed E-state index contributed by atoms with van der Waals surface area (Å²) in [6.45, 7) is 2.39. The van der Waals surface area contributed by atoms with E-state index in [-0.39, 0.29) is 11.8 Å². The van der Waals surface area contributed by atoms with Crippen molar-refractivity contribution in [3.05, 3.63) is 83.0 Å². The molecule has 0 unspecified atom stereocenters. The van der Waals surface area contributed by atoms with Crippen LogP contribution in [-0.4, -0.2) is 23.9 Å². The van der Waals surface area contributed by atoms with E-state index in [1.807, 2.05) is 43.3 Å². The molecule has 0 fully saturated rings. The van der Waals surface area contributed by atoms with Crippen molar-refractivity contribution in [2.24, 2.45) is 0 Å². The van der Waals surface area contributed by atoms with Crippen LogP contribution >= 0.6 is 11.5 Å². The standard InChI is InChI=1S/C20H21N3OS/c1-14-18(20(21-2)25-23-14)19(24)22-13-17(15-9-5-3-6-10-15)16-11-7-4-8-12-16/h3-12,17,21H,13H2,1-2H3,(H,22,24). The van der Waals surface area contributed by atoms with Crippen molar-refractivity contribution in [2.75, 3.05) is 18.9 Å². The maximum absolute atomic E-state index is 12.7. The first kappa shape index (κ1) is 17.2. The molecule has 128 valence electrons. The Morgan fingerprint density at radius 2 is 1.60 bits per heavy atom. The molecule has 3 rings (SSSR count). The number of carbonyl (C=O) groups excluding carboxylic acids is 1. The number of hydrogen-bond acceptors (Lipinski definition) is 4. The molecule has 25 heavy (non-hydrogen) atoms. The molecular formula is C20H21N3OS. The Balaban J connectivity index is 1.82. The second-order valence-corrected chi connectivity index (χ2v) is 6.58. The van der Waals surface area contributed by atoms with Crippen molar-refractivity contribution in [3.63, 3.8) is 0 Å². The highest BCUT2D eigenvalue weighted by Gasteiger charge is 2.20. The summed E-state index contributed by atoms with van der Waals surface area (Å²) in [6, 6.07) is 20.5. The lowest BCUT2D eigenvalue weighted by Gasteiger charge is -2.19. The zero-order valence-electron chi connectivity index (χ0n) is 14.3. The van der Waals surface area contributed by atoms with Gasteiger partial charge in [-0.1, -0.05) is 60.7 Å². The van der Waals surface area contributed by atoms with Gasteiger partial charge in [0.1, 0.15) is 5.00 Å². The number of aromatic nitrogens is 1. The summed E-state index contributed by atoms with van der Waals surface area (Å²) in [5.74, 6) is 0.0174. The maximum Gasteiger partial charge on any atom is 0.256 e. The smallest absolute Gasteiger partial charge is 0.256 e. The van der Waals surface area contributed by atoms with E-state index >= 15 is 0 Å². The summed E-state index contributed by atoms with van der Waals surface area (Å²) >= 11 is 1.31. The Hall–Kier alpha value is -2.66. The highest BCUT2D eigenvalue weighted by molar-refractivity contribution is 7.10. The van der Waals surface area contributed by atoms with Crippen LogP contribution in [-0.2, 0) is 0 Å². The summed E-state index contributed by atoms with van der Waals surface area (Å²) < 4.78 is 4.27. The number of anilines is 1. The van der Waals surface area contributed by atoms with Crippen LogP contribution in [0.1, 0.15) is 33.1 Å². The summed E-state index contributed by atoms with van der Waals surface area (Å²) in [4.78, 5) is 12.7. The Morgan fingerprint density at radius 3 is 2.12 bits per heavy atom. The van der Waals surface area contributed by atoms with E-state index in [2.05, 4.69) is 39.3 Å². The number of carbonyl (C=O) groups is 1. The molecule has 1 aromatic heterocycles. The molecule has 5 heteroatoms. The molecule has 0 saturated heterocycles. The Morgan fingerprint density at radius 1 is 1.04 bits per heavy atom. The van der Waals surface area contributed by atoms with Gasteiger partial charge in [0.05, 0.1) is 11.3 Å². The first-order valence-electron chi connectivity index (χ1n) is 8.22. The van der Waals surface area contributed by atoms with Gasteiger partial charge in [-0.05, 0) is 29.6 Å². The van der Waals surface area contributed by atoms with E-state index in [9.17, 15) is 4.79 Å². The van der Waals surface area contributed by atoms with E-state index in [1.165, 1.54) is 22.7 Å². The van der Waals surface area contributed by atoms with Crippen LogP contribution in [0.5, 0.6) is 0 Å². The van der Waals surface area contributed by atoms with E-state index in [1.54, 1.807) is 7.05 Å². The number of rotatable bonds is 6. The highest BCUT2D eigenvalue weighted by Crippen LogP contribution is 2.26. The van der Waals surface area contributed by atoms with Gasteiger partial charge in [0.25, 0.3) is 5.91 Å². The van der Waals surface area contributed by atoms with Gasteiger partial charge in [-0.15, -0.1) is 0 Å². The quantitative estimate of drug-likeness (QED) is 0.704. The minimum atomic E-state index is -0.0903. The molecule has 1 amide bonds. The van der Waals surface area contributed by atoms with Crippen molar-refractivity contribution in [3.8, 4) is 0 Å². The first-order chi connectivity index (χ1) is 12.2. The lowest BCUT2D eigenvalue weighted by atomic mass is 9.91. The van der Waals surface area contributed by atoms with Crippen LogP contribution < -0.4 is 10.6 Å². The van der Waals surface area contributed by atoms with Crippen LogP contribution in [0.4, 0.5) is 5.00 Å². The maximum atomic E-state index is 12.7. The zero-order valence-corrected chi connectivity index (χ0v) is 15.1. The number of nitrogens with one attached hydrogen (secondary N) is 2. The molecule has 0 aliphatic rings. The lowest BCUT2D eigenvalue weighted by molar-refractivity contribution is 0.0953. The molecule has 0 saturated carbocycles. The molecule has 2 aromatic carbocycles. The van der Waals surface area contributed by atoms with Crippen LogP contribution in [0, 0.1) is 6.92 Å². The second kappa shape index (κ2) is 7.94. The summed E-state index contributed by atoms with van der Waals surface area (Å²) in [6.07, 6.45) is 0. The average Bonchev–Trinajstić information content (AvgIpc) is 3.04. The van der Waals surface area contributed by atoms with Crippen molar-refractivity contribution in [1.82, 2.24) is 9.69 Å². The number of benzene rings is 2. The summed E-state index contributed by atoms with van der Waals surface area (Å²) in [5.41, 5.74) is 3.75. The molecule has 4 nitrogen and oxygen atoms in total.